The monoisotopic (exact) mass is 424 g/mol. The molecule has 0 atom stereocenters. The van der Waals surface area contributed by atoms with Gasteiger partial charge in [0.15, 0.2) is 0 Å². The predicted molar refractivity (Wildman–Crippen MR) is 117 cm³/mol. The van der Waals surface area contributed by atoms with E-state index in [9.17, 15) is 14.7 Å². The largest absolute Gasteiger partial charge is 0.507 e. The van der Waals surface area contributed by atoms with Gasteiger partial charge < -0.3 is 15.7 Å². The number of nitrogens with zero attached hydrogens (tertiary/aromatic N) is 1. The van der Waals surface area contributed by atoms with Crippen molar-refractivity contribution >= 4 is 28.2 Å². The first-order chi connectivity index (χ1) is 14.5. The summed E-state index contributed by atoms with van der Waals surface area (Å²) < 4.78 is 0. The highest BCUT2D eigenvalue weighted by Crippen LogP contribution is 2.38. The second-order valence-corrected chi connectivity index (χ2v) is 8.43. The highest BCUT2D eigenvalue weighted by atomic mass is 32.1. The molecule has 0 bridgehead atoms. The molecule has 8 heteroatoms. The summed E-state index contributed by atoms with van der Waals surface area (Å²) in [6.07, 6.45) is 4.76. The van der Waals surface area contributed by atoms with E-state index in [1.807, 2.05) is 19.1 Å². The summed E-state index contributed by atoms with van der Waals surface area (Å²) in [5, 5.41) is 23.3. The molecule has 1 aliphatic rings. The van der Waals surface area contributed by atoms with E-state index < -0.39 is 0 Å². The Morgan fingerprint density at radius 2 is 2.00 bits per heavy atom. The van der Waals surface area contributed by atoms with Crippen molar-refractivity contribution in [1.82, 2.24) is 15.5 Å². The number of H-pyrrole nitrogens is 1. The molecule has 4 rings (SSSR count). The standard InChI is InChI=1S/C22H24N4O3S/c1-3-12-8-9-17(27)14(10-12)15-11-16(26-25-15)20(28)24-22-19(21(29)23-2)13-6-4-5-7-18(13)30-22/h8-11,27H,3-7H2,1-2H3,(H,23,29)(H,24,28)(H,25,26). The number of fused-ring (bicyclic) bond motifs is 1. The number of phenolic OH excluding ortho intramolecular Hbond substituents is 1. The molecule has 0 saturated carbocycles. The zero-order valence-electron chi connectivity index (χ0n) is 17.0. The van der Waals surface area contributed by atoms with Crippen LogP contribution in [0, 0.1) is 0 Å². The number of amides is 2. The average molecular weight is 425 g/mol. The summed E-state index contributed by atoms with van der Waals surface area (Å²) in [6, 6.07) is 6.97. The van der Waals surface area contributed by atoms with Crippen LogP contribution in [0.4, 0.5) is 5.00 Å². The Kier molecular flexibility index (Phi) is 5.59. The number of aromatic hydroxyl groups is 1. The zero-order chi connectivity index (χ0) is 21.3. The van der Waals surface area contributed by atoms with Gasteiger partial charge in [-0.15, -0.1) is 11.3 Å². The Morgan fingerprint density at radius 3 is 2.77 bits per heavy atom. The first kappa shape index (κ1) is 20.2. The molecule has 0 fully saturated rings. The number of rotatable bonds is 5. The van der Waals surface area contributed by atoms with Crippen molar-refractivity contribution in [2.45, 2.75) is 39.0 Å². The normalized spacial score (nSPS) is 13.0. The summed E-state index contributed by atoms with van der Waals surface area (Å²) in [7, 11) is 1.60. The lowest BCUT2D eigenvalue weighted by molar-refractivity contribution is 0.0963. The number of hydrogen-bond donors (Lipinski definition) is 4. The van der Waals surface area contributed by atoms with Crippen LogP contribution in [0.3, 0.4) is 0 Å². The number of aromatic nitrogens is 2. The van der Waals surface area contributed by atoms with Gasteiger partial charge in [0.1, 0.15) is 16.4 Å². The van der Waals surface area contributed by atoms with Gasteiger partial charge in [0.2, 0.25) is 0 Å². The minimum absolute atomic E-state index is 0.110. The molecule has 3 aromatic rings. The van der Waals surface area contributed by atoms with E-state index in [-0.39, 0.29) is 23.3 Å². The number of carbonyl (C=O) groups is 2. The van der Waals surface area contributed by atoms with Crippen molar-refractivity contribution in [2.75, 3.05) is 12.4 Å². The summed E-state index contributed by atoms with van der Waals surface area (Å²) >= 11 is 1.47. The molecule has 0 saturated heterocycles. The van der Waals surface area contributed by atoms with E-state index in [2.05, 4.69) is 20.8 Å². The quantitative estimate of drug-likeness (QED) is 0.498. The molecule has 1 aliphatic carbocycles. The van der Waals surface area contributed by atoms with E-state index >= 15 is 0 Å². The van der Waals surface area contributed by atoms with Gasteiger partial charge in [-0.05, 0) is 61.4 Å². The lowest BCUT2D eigenvalue weighted by Gasteiger charge is -2.12. The predicted octanol–water partition coefficient (Wildman–Crippen LogP) is 3.90. The molecule has 156 valence electrons. The van der Waals surface area contributed by atoms with Crippen molar-refractivity contribution in [3.05, 3.63) is 51.5 Å². The van der Waals surface area contributed by atoms with Crippen LogP contribution in [0.25, 0.3) is 11.3 Å². The molecule has 2 aromatic heterocycles. The molecule has 0 spiro atoms. The summed E-state index contributed by atoms with van der Waals surface area (Å²) in [6.45, 7) is 2.03. The molecule has 7 nitrogen and oxygen atoms in total. The number of benzene rings is 1. The Labute approximate surface area is 178 Å². The van der Waals surface area contributed by atoms with Crippen molar-refractivity contribution in [1.29, 1.82) is 0 Å². The Hall–Kier alpha value is -3.13. The summed E-state index contributed by atoms with van der Waals surface area (Å²) in [5.41, 5.74) is 4.01. The van der Waals surface area contributed by atoms with Crippen LogP contribution < -0.4 is 10.6 Å². The third-order valence-electron chi connectivity index (χ3n) is 5.42. The molecule has 2 amide bonds. The van der Waals surface area contributed by atoms with Crippen LogP contribution in [0.2, 0.25) is 0 Å². The fourth-order valence-corrected chi connectivity index (χ4v) is 5.06. The number of hydrogen-bond acceptors (Lipinski definition) is 5. The lowest BCUT2D eigenvalue weighted by Crippen LogP contribution is -2.22. The number of phenols is 1. The van der Waals surface area contributed by atoms with E-state index in [4.69, 9.17) is 0 Å². The maximum Gasteiger partial charge on any atom is 0.274 e. The minimum atomic E-state index is -0.372. The van der Waals surface area contributed by atoms with Gasteiger partial charge in [-0.3, -0.25) is 14.7 Å². The van der Waals surface area contributed by atoms with Gasteiger partial charge in [-0.1, -0.05) is 13.0 Å². The van der Waals surface area contributed by atoms with E-state index in [1.54, 1.807) is 19.2 Å². The SMILES string of the molecule is CCc1ccc(O)c(-c2cc(C(=O)Nc3sc4c(c3C(=O)NC)CCCC4)[nH]n2)c1. The molecule has 1 aromatic carbocycles. The second-order valence-electron chi connectivity index (χ2n) is 7.32. The average Bonchev–Trinajstić information content (AvgIpc) is 3.38. The summed E-state index contributed by atoms with van der Waals surface area (Å²) in [5.74, 6) is -0.446. The third kappa shape index (κ3) is 3.70. The van der Waals surface area contributed by atoms with Crippen LogP contribution in [0.15, 0.2) is 24.3 Å². The van der Waals surface area contributed by atoms with Crippen LogP contribution in [0.5, 0.6) is 5.75 Å². The van der Waals surface area contributed by atoms with Gasteiger partial charge in [0, 0.05) is 17.5 Å². The third-order valence-corrected chi connectivity index (χ3v) is 6.63. The van der Waals surface area contributed by atoms with Gasteiger partial charge in [-0.2, -0.15) is 5.10 Å². The van der Waals surface area contributed by atoms with Crippen molar-refractivity contribution in [2.24, 2.45) is 0 Å². The van der Waals surface area contributed by atoms with Gasteiger partial charge >= 0.3 is 0 Å². The van der Waals surface area contributed by atoms with E-state index in [1.165, 1.54) is 16.2 Å². The molecule has 2 heterocycles. The molecule has 0 aliphatic heterocycles. The van der Waals surface area contributed by atoms with Crippen LogP contribution in [-0.4, -0.2) is 34.2 Å². The number of carbonyl (C=O) groups excluding carboxylic acids is 2. The van der Waals surface area contributed by atoms with E-state index in [0.717, 1.165) is 43.2 Å². The first-order valence-electron chi connectivity index (χ1n) is 10.1. The van der Waals surface area contributed by atoms with Crippen LogP contribution in [-0.2, 0) is 19.3 Å². The van der Waals surface area contributed by atoms with Crippen molar-refractivity contribution in [3.63, 3.8) is 0 Å². The van der Waals surface area contributed by atoms with Crippen molar-refractivity contribution < 1.29 is 14.7 Å². The maximum atomic E-state index is 12.9. The van der Waals surface area contributed by atoms with E-state index in [0.29, 0.717) is 21.8 Å². The number of aromatic amines is 1. The summed E-state index contributed by atoms with van der Waals surface area (Å²) in [4.78, 5) is 26.5. The molecule has 30 heavy (non-hydrogen) atoms. The van der Waals surface area contributed by atoms with Crippen LogP contribution in [0.1, 0.15) is 56.6 Å². The molecule has 0 radical (unpaired) electrons. The molecular formula is C22H24N4O3S. The fourth-order valence-electron chi connectivity index (χ4n) is 3.77. The number of aryl methyl sites for hydroxylation is 2. The van der Waals surface area contributed by atoms with Gasteiger partial charge in [0.05, 0.1) is 11.3 Å². The lowest BCUT2D eigenvalue weighted by atomic mass is 9.95. The minimum Gasteiger partial charge on any atom is -0.507 e. The number of thiophene rings is 1. The molecular weight excluding hydrogens is 400 g/mol. The smallest absolute Gasteiger partial charge is 0.274 e. The van der Waals surface area contributed by atoms with Gasteiger partial charge in [-0.25, -0.2) is 0 Å². The Bertz CT molecular complexity index is 1120. The first-order valence-corrected chi connectivity index (χ1v) is 10.9. The number of nitrogens with one attached hydrogen (secondary N) is 3. The Morgan fingerprint density at radius 1 is 1.20 bits per heavy atom. The van der Waals surface area contributed by atoms with Crippen molar-refractivity contribution in [3.8, 4) is 17.0 Å². The highest BCUT2D eigenvalue weighted by Gasteiger charge is 2.26. The number of anilines is 1. The fraction of sp³-hybridized carbons (Fsp3) is 0.318. The molecule has 4 N–H and O–H groups in total. The Balaban J connectivity index is 1.62. The highest BCUT2D eigenvalue weighted by molar-refractivity contribution is 7.17. The van der Waals surface area contributed by atoms with Crippen LogP contribution >= 0.6 is 11.3 Å². The maximum absolute atomic E-state index is 12.9. The second kappa shape index (κ2) is 8.31. The topological polar surface area (TPSA) is 107 Å². The zero-order valence-corrected chi connectivity index (χ0v) is 17.8. The van der Waals surface area contributed by atoms with Gasteiger partial charge in [0.25, 0.3) is 11.8 Å². The molecule has 0 unspecified atom stereocenters.